The monoisotopic (exact) mass is 421 g/mol. The van der Waals surface area contributed by atoms with Crippen molar-refractivity contribution < 1.29 is 23.8 Å². The van der Waals surface area contributed by atoms with Gasteiger partial charge < -0.3 is 19.0 Å². The lowest BCUT2D eigenvalue weighted by molar-refractivity contribution is -0.152. The number of hydrogen-bond acceptors (Lipinski definition) is 5. The van der Waals surface area contributed by atoms with Crippen molar-refractivity contribution in [2.45, 2.75) is 39.2 Å². The molecule has 1 N–H and O–H groups in total. The van der Waals surface area contributed by atoms with Crippen LogP contribution >= 0.6 is 0 Å². The second-order valence-corrected chi connectivity index (χ2v) is 7.69. The maximum atomic E-state index is 11.2. The number of nitrogens with zero attached hydrogens (tertiary/aromatic N) is 1. The third-order valence-corrected chi connectivity index (χ3v) is 4.80. The van der Waals surface area contributed by atoms with Crippen LogP contribution in [0.4, 0.5) is 0 Å². The van der Waals surface area contributed by atoms with Crippen LogP contribution in [0, 0.1) is 6.92 Å². The van der Waals surface area contributed by atoms with Gasteiger partial charge in [-0.3, -0.25) is 0 Å². The minimum absolute atomic E-state index is 0.478. The van der Waals surface area contributed by atoms with Crippen molar-refractivity contribution in [3.05, 3.63) is 72.1 Å². The molecule has 162 valence electrons. The normalized spacial score (nSPS) is 11.2. The first-order valence-electron chi connectivity index (χ1n) is 10.1. The fraction of sp³-hybridized carbons (Fsp3) is 0.280. The highest BCUT2D eigenvalue weighted by Crippen LogP contribution is 2.25. The lowest BCUT2D eigenvalue weighted by Crippen LogP contribution is -2.37. The lowest BCUT2D eigenvalue weighted by atomic mass is 10.1. The summed E-state index contributed by atoms with van der Waals surface area (Å²) < 4.78 is 17.1. The van der Waals surface area contributed by atoms with Crippen LogP contribution in [0.2, 0.25) is 0 Å². The van der Waals surface area contributed by atoms with E-state index in [1.54, 1.807) is 30.3 Å². The summed E-state index contributed by atoms with van der Waals surface area (Å²) in [6.45, 7) is 9.25. The molecule has 31 heavy (non-hydrogen) atoms. The summed E-state index contributed by atoms with van der Waals surface area (Å²) in [5, 5.41) is 9.14. The zero-order valence-electron chi connectivity index (χ0n) is 18.1. The number of aromatic nitrogens is 1. The van der Waals surface area contributed by atoms with Crippen LogP contribution in [0.25, 0.3) is 17.5 Å². The first-order chi connectivity index (χ1) is 14.8. The standard InChI is InChI=1S/C25H27NO5/c1-5-18-8-6-9-19(16-18)23-26-22(17(2)30-23)10-7-15-29-20-11-13-21(14-12-20)31-25(3,4)24(27)28/h5-6,8-9,11-14,16H,1,7,10,15H2,2-4H3,(H,27,28). The minimum atomic E-state index is -1.29. The molecule has 0 saturated heterocycles. The minimum Gasteiger partial charge on any atom is -0.494 e. The molecule has 0 bridgehead atoms. The van der Waals surface area contributed by atoms with E-state index in [2.05, 4.69) is 11.6 Å². The number of oxazole rings is 1. The fourth-order valence-corrected chi connectivity index (χ4v) is 2.95. The number of aryl methyl sites for hydroxylation is 2. The Morgan fingerprint density at radius 1 is 1.19 bits per heavy atom. The zero-order valence-corrected chi connectivity index (χ0v) is 18.1. The van der Waals surface area contributed by atoms with Gasteiger partial charge in [-0.15, -0.1) is 0 Å². The van der Waals surface area contributed by atoms with Gasteiger partial charge >= 0.3 is 5.97 Å². The summed E-state index contributed by atoms with van der Waals surface area (Å²) in [5.41, 5.74) is 1.58. The molecule has 2 aromatic carbocycles. The van der Waals surface area contributed by atoms with Crippen molar-refractivity contribution in [1.29, 1.82) is 0 Å². The van der Waals surface area contributed by atoms with E-state index in [0.29, 0.717) is 24.0 Å². The molecule has 0 unspecified atom stereocenters. The van der Waals surface area contributed by atoms with Crippen LogP contribution in [-0.4, -0.2) is 28.3 Å². The van der Waals surface area contributed by atoms with Crippen molar-refractivity contribution in [3.63, 3.8) is 0 Å². The van der Waals surface area contributed by atoms with Gasteiger partial charge in [0.2, 0.25) is 5.89 Å². The molecule has 0 radical (unpaired) electrons. The van der Waals surface area contributed by atoms with Crippen LogP contribution in [0.5, 0.6) is 11.5 Å². The quantitative estimate of drug-likeness (QED) is 0.433. The van der Waals surface area contributed by atoms with Crippen LogP contribution in [0.1, 0.15) is 37.3 Å². The zero-order chi connectivity index (χ0) is 22.4. The maximum absolute atomic E-state index is 11.2. The molecule has 0 saturated carbocycles. The molecule has 1 heterocycles. The van der Waals surface area contributed by atoms with E-state index in [1.165, 1.54) is 13.8 Å². The van der Waals surface area contributed by atoms with E-state index in [4.69, 9.17) is 19.0 Å². The van der Waals surface area contributed by atoms with E-state index < -0.39 is 11.6 Å². The molecule has 0 fully saturated rings. The van der Waals surface area contributed by atoms with Crippen molar-refractivity contribution >= 4 is 12.0 Å². The fourth-order valence-electron chi connectivity index (χ4n) is 2.95. The van der Waals surface area contributed by atoms with Crippen LogP contribution < -0.4 is 9.47 Å². The number of hydrogen-bond donors (Lipinski definition) is 1. The van der Waals surface area contributed by atoms with E-state index in [1.807, 2.05) is 31.2 Å². The van der Waals surface area contributed by atoms with Gasteiger partial charge in [-0.05, 0) is 75.6 Å². The first kappa shape index (κ1) is 22.2. The SMILES string of the molecule is C=Cc1cccc(-c2nc(CCCOc3ccc(OC(C)(C)C(=O)O)cc3)c(C)o2)c1. The molecule has 0 atom stereocenters. The molecule has 0 aliphatic heterocycles. The van der Waals surface area contributed by atoms with Gasteiger partial charge in [-0.1, -0.05) is 24.8 Å². The van der Waals surface area contributed by atoms with Crippen LogP contribution in [-0.2, 0) is 11.2 Å². The molecular formula is C25H27NO5. The summed E-state index contributed by atoms with van der Waals surface area (Å²) >= 11 is 0. The third kappa shape index (κ3) is 5.75. The molecule has 6 nitrogen and oxygen atoms in total. The lowest BCUT2D eigenvalue weighted by Gasteiger charge is -2.21. The van der Waals surface area contributed by atoms with E-state index >= 15 is 0 Å². The first-order valence-corrected chi connectivity index (χ1v) is 10.1. The molecule has 0 aliphatic carbocycles. The van der Waals surface area contributed by atoms with Gasteiger partial charge in [-0.25, -0.2) is 9.78 Å². The van der Waals surface area contributed by atoms with Crippen LogP contribution in [0.15, 0.2) is 59.5 Å². The molecule has 3 aromatic rings. The summed E-state index contributed by atoms with van der Waals surface area (Å²) in [6, 6.07) is 14.8. The summed E-state index contributed by atoms with van der Waals surface area (Å²) in [5.74, 6) is 1.57. The maximum Gasteiger partial charge on any atom is 0.347 e. The molecule has 1 aromatic heterocycles. The Balaban J connectivity index is 1.51. The number of carboxylic acid groups (broad SMARTS) is 1. The number of ether oxygens (including phenoxy) is 2. The Morgan fingerprint density at radius 2 is 1.90 bits per heavy atom. The smallest absolute Gasteiger partial charge is 0.347 e. The van der Waals surface area contributed by atoms with Crippen molar-refractivity contribution in [1.82, 2.24) is 4.98 Å². The topological polar surface area (TPSA) is 81.8 Å². The summed E-state index contributed by atoms with van der Waals surface area (Å²) in [6.07, 6.45) is 3.32. The number of carboxylic acids is 1. The van der Waals surface area contributed by atoms with Gasteiger partial charge in [0, 0.05) is 5.56 Å². The summed E-state index contributed by atoms with van der Waals surface area (Å²) in [7, 11) is 0. The van der Waals surface area contributed by atoms with Crippen molar-refractivity contribution in [2.75, 3.05) is 6.61 Å². The van der Waals surface area contributed by atoms with Gasteiger partial charge in [-0.2, -0.15) is 0 Å². The molecule has 3 rings (SSSR count). The molecular weight excluding hydrogens is 394 g/mol. The average molecular weight is 421 g/mol. The number of benzene rings is 2. The highest BCUT2D eigenvalue weighted by molar-refractivity contribution is 5.76. The predicted octanol–water partition coefficient (Wildman–Crippen LogP) is 5.55. The highest BCUT2D eigenvalue weighted by atomic mass is 16.5. The van der Waals surface area contributed by atoms with Gasteiger partial charge in [0.15, 0.2) is 5.60 Å². The number of aliphatic carboxylic acids is 1. The number of carbonyl (C=O) groups is 1. The predicted molar refractivity (Wildman–Crippen MR) is 119 cm³/mol. The Kier molecular flexibility index (Phi) is 6.80. The van der Waals surface area contributed by atoms with Gasteiger partial charge in [0.1, 0.15) is 17.3 Å². The van der Waals surface area contributed by atoms with Gasteiger partial charge in [0.05, 0.1) is 12.3 Å². The van der Waals surface area contributed by atoms with E-state index in [9.17, 15) is 4.79 Å². The van der Waals surface area contributed by atoms with Crippen LogP contribution in [0.3, 0.4) is 0 Å². The Labute approximate surface area is 182 Å². The third-order valence-electron chi connectivity index (χ3n) is 4.80. The number of rotatable bonds is 10. The Morgan fingerprint density at radius 3 is 2.58 bits per heavy atom. The second-order valence-electron chi connectivity index (χ2n) is 7.69. The van der Waals surface area contributed by atoms with E-state index in [0.717, 1.165) is 35.4 Å². The molecule has 0 amide bonds. The molecule has 0 spiro atoms. The summed E-state index contributed by atoms with van der Waals surface area (Å²) in [4.78, 5) is 15.8. The highest BCUT2D eigenvalue weighted by Gasteiger charge is 2.29. The second kappa shape index (κ2) is 9.51. The Hall–Kier alpha value is -3.54. The largest absolute Gasteiger partial charge is 0.494 e. The van der Waals surface area contributed by atoms with Crippen molar-refractivity contribution in [2.24, 2.45) is 0 Å². The molecule has 0 aliphatic rings. The van der Waals surface area contributed by atoms with E-state index in [-0.39, 0.29) is 0 Å². The average Bonchev–Trinajstić information content (AvgIpc) is 3.12. The van der Waals surface area contributed by atoms with Gasteiger partial charge in [0.25, 0.3) is 0 Å². The molecule has 6 heteroatoms. The van der Waals surface area contributed by atoms with Crippen molar-refractivity contribution in [3.8, 4) is 23.0 Å². The Bertz CT molecular complexity index is 1050.